The molecule has 154 valence electrons. The third-order valence-electron chi connectivity index (χ3n) is 4.71. The van der Waals surface area contributed by atoms with E-state index in [1.807, 2.05) is 12.1 Å². The van der Waals surface area contributed by atoms with Crippen molar-refractivity contribution in [1.29, 1.82) is 0 Å². The van der Waals surface area contributed by atoms with Gasteiger partial charge in [0.1, 0.15) is 5.75 Å². The van der Waals surface area contributed by atoms with Crippen LogP contribution in [0.25, 0.3) is 0 Å². The molecule has 1 aliphatic rings. The maximum atomic E-state index is 5.20. The monoisotopic (exact) mass is 489 g/mol. The number of rotatable bonds is 8. The molecule has 0 saturated carbocycles. The van der Waals surface area contributed by atoms with Gasteiger partial charge in [-0.05, 0) is 57.6 Å². The van der Waals surface area contributed by atoms with Crippen molar-refractivity contribution in [1.82, 2.24) is 20.4 Å². The smallest absolute Gasteiger partial charge is 0.191 e. The van der Waals surface area contributed by atoms with Gasteiger partial charge in [0, 0.05) is 32.7 Å². The van der Waals surface area contributed by atoms with Crippen molar-refractivity contribution in [2.45, 2.75) is 19.8 Å². The molecule has 0 amide bonds. The molecule has 1 fully saturated rings. The molecule has 1 aromatic rings. The van der Waals surface area contributed by atoms with E-state index in [1.54, 1.807) is 7.11 Å². The van der Waals surface area contributed by atoms with Crippen molar-refractivity contribution in [2.75, 3.05) is 66.5 Å². The zero-order chi connectivity index (χ0) is 18.6. The van der Waals surface area contributed by atoms with Crippen molar-refractivity contribution >= 4 is 29.9 Å². The van der Waals surface area contributed by atoms with E-state index in [1.165, 1.54) is 25.1 Å². The minimum absolute atomic E-state index is 0. The number of benzene rings is 1. The first-order valence-corrected chi connectivity index (χ1v) is 9.77. The average molecular weight is 489 g/mol. The summed E-state index contributed by atoms with van der Waals surface area (Å²) < 4.78 is 5.20. The molecule has 7 heteroatoms. The molecule has 6 nitrogen and oxygen atoms in total. The van der Waals surface area contributed by atoms with Crippen molar-refractivity contribution in [3.05, 3.63) is 29.8 Å². The predicted molar refractivity (Wildman–Crippen MR) is 125 cm³/mol. The lowest BCUT2D eigenvalue weighted by molar-refractivity contribution is 0.283. The number of ether oxygens (including phenoxy) is 1. The molecule has 2 N–H and O–H groups in total. The van der Waals surface area contributed by atoms with Gasteiger partial charge in [-0.25, -0.2) is 0 Å². The van der Waals surface area contributed by atoms with E-state index >= 15 is 0 Å². The van der Waals surface area contributed by atoms with Gasteiger partial charge >= 0.3 is 0 Å². The molecule has 1 heterocycles. The predicted octanol–water partition coefficient (Wildman–Crippen LogP) is 2.05. The van der Waals surface area contributed by atoms with E-state index in [9.17, 15) is 0 Å². The van der Waals surface area contributed by atoms with Crippen LogP contribution in [-0.2, 0) is 6.42 Å². The van der Waals surface area contributed by atoms with Crippen LogP contribution in [0.2, 0.25) is 0 Å². The number of nitrogens with one attached hydrogen (secondary N) is 2. The summed E-state index contributed by atoms with van der Waals surface area (Å²) in [6.07, 6.45) is 2.22. The molecule has 0 bridgehead atoms. The summed E-state index contributed by atoms with van der Waals surface area (Å²) in [5.74, 6) is 1.81. The highest BCUT2D eigenvalue weighted by Crippen LogP contribution is 2.11. The average Bonchev–Trinajstić information content (AvgIpc) is 2.86. The van der Waals surface area contributed by atoms with Gasteiger partial charge in [0.15, 0.2) is 5.96 Å². The molecule has 0 aliphatic carbocycles. The third kappa shape index (κ3) is 9.62. The molecule has 1 aromatic carbocycles. The van der Waals surface area contributed by atoms with E-state index in [0.29, 0.717) is 0 Å². The van der Waals surface area contributed by atoms with Gasteiger partial charge in [-0.1, -0.05) is 12.1 Å². The lowest BCUT2D eigenvalue weighted by Crippen LogP contribution is -2.39. The van der Waals surface area contributed by atoms with Crippen LogP contribution in [0.3, 0.4) is 0 Å². The fourth-order valence-corrected chi connectivity index (χ4v) is 3.09. The Labute approximate surface area is 181 Å². The number of guanidine groups is 1. The first-order valence-electron chi connectivity index (χ1n) is 9.77. The van der Waals surface area contributed by atoms with Crippen LogP contribution in [-0.4, -0.2) is 82.3 Å². The van der Waals surface area contributed by atoms with Gasteiger partial charge < -0.3 is 25.2 Å². The van der Waals surface area contributed by atoms with E-state index in [4.69, 9.17) is 9.73 Å². The number of nitrogens with zero attached hydrogens (tertiary/aromatic N) is 3. The van der Waals surface area contributed by atoms with Crippen molar-refractivity contribution in [3.63, 3.8) is 0 Å². The Hall–Kier alpha value is -1.06. The minimum atomic E-state index is 0. The highest BCUT2D eigenvalue weighted by Gasteiger charge is 2.11. The van der Waals surface area contributed by atoms with E-state index in [2.05, 4.69) is 46.5 Å². The van der Waals surface area contributed by atoms with E-state index < -0.39 is 0 Å². The summed E-state index contributed by atoms with van der Waals surface area (Å²) in [5.41, 5.74) is 1.29. The molecule has 0 unspecified atom stereocenters. The van der Waals surface area contributed by atoms with Crippen LogP contribution >= 0.6 is 24.0 Å². The Bertz CT molecular complexity index is 538. The molecule has 1 aliphatic heterocycles. The Kier molecular flexibility index (Phi) is 12.4. The minimum Gasteiger partial charge on any atom is -0.497 e. The van der Waals surface area contributed by atoms with Gasteiger partial charge in [0.25, 0.3) is 0 Å². The topological polar surface area (TPSA) is 52.1 Å². The van der Waals surface area contributed by atoms with Crippen molar-refractivity contribution in [2.24, 2.45) is 4.99 Å². The highest BCUT2D eigenvalue weighted by atomic mass is 127. The lowest BCUT2D eigenvalue weighted by atomic mass is 10.1. The molecule has 27 heavy (non-hydrogen) atoms. The molecular formula is C20H36IN5O. The number of likely N-dealkylation sites (N-methyl/N-ethyl adjacent to an activating group) is 1. The molecule has 0 radical (unpaired) electrons. The second-order valence-electron chi connectivity index (χ2n) is 6.78. The normalized spacial score (nSPS) is 16.3. The number of hydrogen-bond donors (Lipinski definition) is 2. The molecule has 0 atom stereocenters. The number of aliphatic imine (C=N–C) groups is 1. The van der Waals surface area contributed by atoms with Crippen molar-refractivity contribution in [3.8, 4) is 5.75 Å². The molecule has 2 rings (SSSR count). The fourth-order valence-electron chi connectivity index (χ4n) is 3.09. The molecule has 0 spiro atoms. The van der Waals surface area contributed by atoms with Crippen LogP contribution in [0.4, 0.5) is 0 Å². The summed E-state index contributed by atoms with van der Waals surface area (Å²) in [6, 6.07) is 8.24. The first-order chi connectivity index (χ1) is 12.7. The SMILES string of the molecule is CCNC(=NCCN1CCCN(C)CC1)NCCc1ccc(OC)cc1.I. The Balaban J connectivity index is 0.00000364. The summed E-state index contributed by atoms with van der Waals surface area (Å²) in [5, 5.41) is 6.77. The summed E-state index contributed by atoms with van der Waals surface area (Å²) in [7, 11) is 3.90. The van der Waals surface area contributed by atoms with E-state index in [0.717, 1.165) is 57.4 Å². The first kappa shape index (κ1) is 24.0. The van der Waals surface area contributed by atoms with E-state index in [-0.39, 0.29) is 24.0 Å². The van der Waals surface area contributed by atoms with Crippen LogP contribution in [0, 0.1) is 0 Å². The second-order valence-corrected chi connectivity index (χ2v) is 6.78. The second kappa shape index (κ2) is 14.0. The number of methoxy groups -OCH3 is 1. The number of halogens is 1. The maximum absolute atomic E-state index is 5.20. The van der Waals surface area contributed by atoms with Gasteiger partial charge in [0.05, 0.1) is 13.7 Å². The third-order valence-corrected chi connectivity index (χ3v) is 4.71. The summed E-state index contributed by atoms with van der Waals surface area (Å²) >= 11 is 0. The van der Waals surface area contributed by atoms with Crippen LogP contribution in [0.15, 0.2) is 29.3 Å². The molecule has 0 aromatic heterocycles. The summed E-state index contributed by atoms with van der Waals surface area (Å²) in [6.45, 7) is 10.4. The Morgan fingerprint density at radius 3 is 2.59 bits per heavy atom. The quantitative estimate of drug-likeness (QED) is 0.333. The van der Waals surface area contributed by atoms with Gasteiger partial charge in [-0.15, -0.1) is 24.0 Å². The van der Waals surface area contributed by atoms with Gasteiger partial charge in [-0.2, -0.15) is 0 Å². The maximum Gasteiger partial charge on any atom is 0.191 e. The zero-order valence-electron chi connectivity index (χ0n) is 17.0. The van der Waals surface area contributed by atoms with Crippen LogP contribution in [0.1, 0.15) is 18.9 Å². The van der Waals surface area contributed by atoms with Crippen LogP contribution in [0.5, 0.6) is 5.75 Å². The zero-order valence-corrected chi connectivity index (χ0v) is 19.4. The lowest BCUT2D eigenvalue weighted by Gasteiger charge is -2.19. The molecule has 1 saturated heterocycles. The van der Waals surface area contributed by atoms with Gasteiger partial charge in [-0.3, -0.25) is 4.99 Å². The van der Waals surface area contributed by atoms with Crippen LogP contribution < -0.4 is 15.4 Å². The highest BCUT2D eigenvalue weighted by molar-refractivity contribution is 14.0. The standard InChI is InChI=1S/C20H35N5O.HI/c1-4-21-20(22-11-10-18-6-8-19(26-3)9-7-18)23-12-15-25-14-5-13-24(2)16-17-25;/h6-9H,4-5,10-17H2,1-3H3,(H2,21,22,23);1H. The Morgan fingerprint density at radius 1 is 1.11 bits per heavy atom. The largest absolute Gasteiger partial charge is 0.497 e. The van der Waals surface area contributed by atoms with Crippen molar-refractivity contribution < 1.29 is 4.74 Å². The summed E-state index contributed by atoms with van der Waals surface area (Å²) in [4.78, 5) is 9.67. The Morgan fingerprint density at radius 2 is 1.89 bits per heavy atom. The molecular weight excluding hydrogens is 453 g/mol. The number of hydrogen-bond acceptors (Lipinski definition) is 4. The fraction of sp³-hybridized carbons (Fsp3) is 0.650. The van der Waals surface area contributed by atoms with Gasteiger partial charge in [0.2, 0.25) is 0 Å².